The van der Waals surface area contributed by atoms with Gasteiger partial charge in [-0.15, -0.1) is 0 Å². The lowest BCUT2D eigenvalue weighted by Gasteiger charge is -2.22. The molecule has 0 bridgehead atoms. The van der Waals surface area contributed by atoms with Gasteiger partial charge in [0.2, 0.25) is 5.95 Å². The van der Waals surface area contributed by atoms with E-state index in [1.165, 1.54) is 19.3 Å². The number of nitrogens with one attached hydrogen (secondary N) is 2. The standard InChI is InChI=1S/C19H24N4O/c1-13-7-6-10-16(14(13)2)22-18(24)17-11-12-20-19(23-17)21-15-8-4-3-5-9-15/h6-7,10-12,15H,3-5,8-9H2,1-2H3,(H,22,24)(H,20,21,23). The Balaban J connectivity index is 1.70. The molecule has 0 saturated heterocycles. The molecule has 1 aliphatic rings. The molecular weight excluding hydrogens is 300 g/mol. The molecule has 0 unspecified atom stereocenters. The predicted molar refractivity (Wildman–Crippen MR) is 96.4 cm³/mol. The van der Waals surface area contributed by atoms with Gasteiger partial charge in [-0.2, -0.15) is 0 Å². The van der Waals surface area contributed by atoms with E-state index >= 15 is 0 Å². The van der Waals surface area contributed by atoms with Crippen LogP contribution in [-0.2, 0) is 0 Å². The normalized spacial score (nSPS) is 15.1. The van der Waals surface area contributed by atoms with Gasteiger partial charge in [0.05, 0.1) is 0 Å². The van der Waals surface area contributed by atoms with Gasteiger partial charge in [-0.25, -0.2) is 9.97 Å². The zero-order valence-corrected chi connectivity index (χ0v) is 14.3. The van der Waals surface area contributed by atoms with Crippen LogP contribution in [0.1, 0.15) is 53.7 Å². The molecule has 126 valence electrons. The minimum Gasteiger partial charge on any atom is -0.351 e. The SMILES string of the molecule is Cc1cccc(NC(=O)c2ccnc(NC3CCCCC3)n2)c1C. The van der Waals surface area contributed by atoms with Gasteiger partial charge < -0.3 is 10.6 Å². The molecule has 0 spiro atoms. The molecule has 1 amide bonds. The van der Waals surface area contributed by atoms with Crippen LogP contribution in [0.3, 0.4) is 0 Å². The number of carbonyl (C=O) groups excluding carboxylic acids is 1. The zero-order chi connectivity index (χ0) is 16.9. The van der Waals surface area contributed by atoms with Crippen molar-refractivity contribution in [1.82, 2.24) is 9.97 Å². The van der Waals surface area contributed by atoms with Crippen LogP contribution in [0.4, 0.5) is 11.6 Å². The Labute approximate surface area is 142 Å². The van der Waals surface area contributed by atoms with Crippen molar-refractivity contribution >= 4 is 17.5 Å². The number of benzene rings is 1. The van der Waals surface area contributed by atoms with Crippen LogP contribution >= 0.6 is 0 Å². The van der Waals surface area contributed by atoms with Gasteiger partial charge >= 0.3 is 0 Å². The van der Waals surface area contributed by atoms with Gasteiger partial charge in [0.25, 0.3) is 5.91 Å². The Bertz CT molecular complexity index is 723. The van der Waals surface area contributed by atoms with Crippen LogP contribution in [0.5, 0.6) is 0 Å². The van der Waals surface area contributed by atoms with Crippen molar-refractivity contribution in [2.45, 2.75) is 52.0 Å². The molecule has 0 atom stereocenters. The highest BCUT2D eigenvalue weighted by Crippen LogP contribution is 2.21. The quantitative estimate of drug-likeness (QED) is 0.889. The number of aromatic nitrogens is 2. The smallest absolute Gasteiger partial charge is 0.274 e. The van der Waals surface area contributed by atoms with Crippen molar-refractivity contribution in [1.29, 1.82) is 0 Å². The minimum absolute atomic E-state index is 0.210. The first-order valence-electron chi connectivity index (χ1n) is 8.60. The second kappa shape index (κ2) is 7.43. The number of hydrogen-bond acceptors (Lipinski definition) is 4. The molecule has 24 heavy (non-hydrogen) atoms. The highest BCUT2D eigenvalue weighted by Gasteiger charge is 2.16. The average Bonchev–Trinajstić information content (AvgIpc) is 2.60. The molecule has 5 nitrogen and oxygen atoms in total. The van der Waals surface area contributed by atoms with E-state index < -0.39 is 0 Å². The number of nitrogens with zero attached hydrogens (tertiary/aromatic N) is 2. The van der Waals surface area contributed by atoms with Crippen LogP contribution in [0.2, 0.25) is 0 Å². The van der Waals surface area contributed by atoms with Crippen molar-refractivity contribution in [2.24, 2.45) is 0 Å². The lowest BCUT2D eigenvalue weighted by atomic mass is 9.96. The molecular formula is C19H24N4O. The summed E-state index contributed by atoms with van der Waals surface area (Å²) in [6.45, 7) is 4.03. The summed E-state index contributed by atoms with van der Waals surface area (Å²) in [6, 6.07) is 7.93. The van der Waals surface area contributed by atoms with Gasteiger partial charge in [-0.3, -0.25) is 4.79 Å². The van der Waals surface area contributed by atoms with Crippen LogP contribution in [-0.4, -0.2) is 21.9 Å². The van der Waals surface area contributed by atoms with E-state index in [1.54, 1.807) is 12.3 Å². The van der Waals surface area contributed by atoms with Crippen LogP contribution < -0.4 is 10.6 Å². The largest absolute Gasteiger partial charge is 0.351 e. The number of hydrogen-bond donors (Lipinski definition) is 2. The van der Waals surface area contributed by atoms with Crippen molar-refractivity contribution < 1.29 is 4.79 Å². The van der Waals surface area contributed by atoms with E-state index in [4.69, 9.17) is 0 Å². The fourth-order valence-electron chi connectivity index (χ4n) is 3.06. The number of anilines is 2. The number of amides is 1. The Morgan fingerprint density at radius 3 is 2.71 bits per heavy atom. The highest BCUT2D eigenvalue weighted by molar-refractivity contribution is 6.03. The molecule has 0 aliphatic heterocycles. The fourth-order valence-corrected chi connectivity index (χ4v) is 3.06. The molecule has 0 radical (unpaired) electrons. The van der Waals surface area contributed by atoms with Crippen molar-refractivity contribution in [3.63, 3.8) is 0 Å². The molecule has 1 saturated carbocycles. The predicted octanol–water partition coefficient (Wildman–Crippen LogP) is 4.09. The van der Waals surface area contributed by atoms with Gasteiger partial charge in [-0.05, 0) is 49.9 Å². The summed E-state index contributed by atoms with van der Waals surface area (Å²) in [5.41, 5.74) is 3.42. The van der Waals surface area contributed by atoms with Crippen LogP contribution in [0.25, 0.3) is 0 Å². The first-order chi connectivity index (χ1) is 11.6. The lowest BCUT2D eigenvalue weighted by molar-refractivity contribution is 0.102. The monoisotopic (exact) mass is 324 g/mol. The Morgan fingerprint density at radius 1 is 1.12 bits per heavy atom. The molecule has 3 rings (SSSR count). The minimum atomic E-state index is -0.210. The van der Waals surface area contributed by atoms with Crippen LogP contribution in [0.15, 0.2) is 30.5 Å². The van der Waals surface area contributed by atoms with Crippen molar-refractivity contribution in [2.75, 3.05) is 10.6 Å². The number of carbonyl (C=O) groups is 1. The summed E-state index contributed by atoms with van der Waals surface area (Å²) >= 11 is 0. The topological polar surface area (TPSA) is 66.9 Å². The first kappa shape index (κ1) is 16.4. The van der Waals surface area contributed by atoms with E-state index in [0.717, 1.165) is 29.7 Å². The lowest BCUT2D eigenvalue weighted by Crippen LogP contribution is -2.24. The second-order valence-corrected chi connectivity index (χ2v) is 6.45. The number of rotatable bonds is 4. The maximum Gasteiger partial charge on any atom is 0.274 e. The molecule has 2 N–H and O–H groups in total. The van der Waals surface area contributed by atoms with Crippen LogP contribution in [0, 0.1) is 13.8 Å². The average molecular weight is 324 g/mol. The summed E-state index contributed by atoms with van der Waals surface area (Å²) in [4.78, 5) is 21.1. The van der Waals surface area contributed by atoms with E-state index in [0.29, 0.717) is 17.7 Å². The maximum atomic E-state index is 12.5. The molecule has 5 heteroatoms. The van der Waals surface area contributed by atoms with Crippen molar-refractivity contribution in [3.05, 3.63) is 47.3 Å². The van der Waals surface area contributed by atoms with Gasteiger partial charge in [-0.1, -0.05) is 31.4 Å². The summed E-state index contributed by atoms with van der Waals surface area (Å²) in [5, 5.41) is 6.30. The van der Waals surface area contributed by atoms with E-state index in [-0.39, 0.29) is 5.91 Å². The maximum absolute atomic E-state index is 12.5. The number of aryl methyl sites for hydroxylation is 1. The third kappa shape index (κ3) is 3.91. The van der Waals surface area contributed by atoms with Crippen molar-refractivity contribution in [3.8, 4) is 0 Å². The first-order valence-corrected chi connectivity index (χ1v) is 8.60. The summed E-state index contributed by atoms with van der Waals surface area (Å²) in [5.74, 6) is 0.327. The molecule has 2 aromatic rings. The van der Waals surface area contributed by atoms with E-state index in [2.05, 4.69) is 20.6 Å². The molecule has 1 heterocycles. The fraction of sp³-hybridized carbons (Fsp3) is 0.421. The Kier molecular flexibility index (Phi) is 5.08. The Hall–Kier alpha value is -2.43. The molecule has 1 fully saturated rings. The second-order valence-electron chi connectivity index (χ2n) is 6.45. The molecule has 1 aromatic carbocycles. The van der Waals surface area contributed by atoms with Gasteiger partial charge in [0.1, 0.15) is 5.69 Å². The van der Waals surface area contributed by atoms with E-state index in [1.807, 2.05) is 32.0 Å². The summed E-state index contributed by atoms with van der Waals surface area (Å²) in [6.07, 6.45) is 7.70. The molecule has 1 aromatic heterocycles. The summed E-state index contributed by atoms with van der Waals surface area (Å²) < 4.78 is 0. The van der Waals surface area contributed by atoms with E-state index in [9.17, 15) is 4.79 Å². The molecule has 1 aliphatic carbocycles. The Morgan fingerprint density at radius 2 is 1.92 bits per heavy atom. The third-order valence-electron chi connectivity index (χ3n) is 4.68. The third-order valence-corrected chi connectivity index (χ3v) is 4.68. The van der Waals surface area contributed by atoms with Gasteiger partial charge in [0, 0.05) is 17.9 Å². The van der Waals surface area contributed by atoms with Gasteiger partial charge in [0.15, 0.2) is 0 Å². The summed E-state index contributed by atoms with van der Waals surface area (Å²) in [7, 11) is 0. The zero-order valence-electron chi connectivity index (χ0n) is 14.3. The highest BCUT2D eigenvalue weighted by atomic mass is 16.1.